The first kappa shape index (κ1) is 11.9. The number of hydrogen-bond donors (Lipinski definition) is 0. The minimum absolute atomic E-state index is 0.680. The number of pyridine rings is 1. The van der Waals surface area contributed by atoms with Crippen molar-refractivity contribution in [3.8, 4) is 0 Å². The first-order valence-electron chi connectivity index (χ1n) is 6.84. The van der Waals surface area contributed by atoms with Crippen molar-refractivity contribution < 1.29 is 0 Å². The standard InChI is InChI=1S/C14H22N4/c1-12-9-16(2)7-8-18(12)13-10-17(11-13)14-5-3-4-6-15-14/h3-6,12-13H,7-11H2,1-2H3/t12-/m0/s1. The molecule has 4 nitrogen and oxygen atoms in total. The lowest BCUT2D eigenvalue weighted by Crippen LogP contribution is -2.65. The molecule has 0 saturated carbocycles. The summed E-state index contributed by atoms with van der Waals surface area (Å²) in [6.07, 6.45) is 1.88. The van der Waals surface area contributed by atoms with E-state index in [1.54, 1.807) is 0 Å². The molecule has 0 bridgehead atoms. The first-order chi connectivity index (χ1) is 8.74. The highest BCUT2D eigenvalue weighted by atomic mass is 15.4. The first-order valence-corrected chi connectivity index (χ1v) is 6.84. The summed E-state index contributed by atoms with van der Waals surface area (Å²) in [7, 11) is 2.22. The van der Waals surface area contributed by atoms with Gasteiger partial charge < -0.3 is 9.80 Å². The summed E-state index contributed by atoms with van der Waals surface area (Å²) in [4.78, 5) is 11.9. The molecular weight excluding hydrogens is 224 g/mol. The largest absolute Gasteiger partial charge is 0.353 e. The van der Waals surface area contributed by atoms with Crippen LogP contribution < -0.4 is 4.90 Å². The molecule has 1 aromatic rings. The molecule has 2 aliphatic rings. The van der Waals surface area contributed by atoms with Crippen LogP contribution in [0.2, 0.25) is 0 Å². The summed E-state index contributed by atoms with van der Waals surface area (Å²) in [5, 5.41) is 0. The second-order valence-electron chi connectivity index (χ2n) is 5.60. The number of rotatable bonds is 2. The van der Waals surface area contributed by atoms with Crippen LogP contribution in [0.4, 0.5) is 5.82 Å². The van der Waals surface area contributed by atoms with E-state index >= 15 is 0 Å². The summed E-state index contributed by atoms with van der Waals surface area (Å²) in [6.45, 7) is 8.21. The highest BCUT2D eigenvalue weighted by Gasteiger charge is 2.36. The van der Waals surface area contributed by atoms with Gasteiger partial charge in [0, 0.05) is 51.0 Å². The molecule has 0 amide bonds. The van der Waals surface area contributed by atoms with Gasteiger partial charge >= 0.3 is 0 Å². The van der Waals surface area contributed by atoms with Gasteiger partial charge in [-0.2, -0.15) is 0 Å². The van der Waals surface area contributed by atoms with Gasteiger partial charge in [0.05, 0.1) is 0 Å². The predicted molar refractivity (Wildman–Crippen MR) is 73.9 cm³/mol. The Morgan fingerprint density at radius 1 is 1.17 bits per heavy atom. The Kier molecular flexibility index (Phi) is 3.22. The van der Waals surface area contributed by atoms with E-state index in [2.05, 4.69) is 45.8 Å². The fourth-order valence-corrected chi connectivity index (χ4v) is 3.09. The molecular formula is C14H22N4. The van der Waals surface area contributed by atoms with Crippen molar-refractivity contribution in [2.24, 2.45) is 0 Å². The molecule has 18 heavy (non-hydrogen) atoms. The van der Waals surface area contributed by atoms with E-state index < -0.39 is 0 Å². The second kappa shape index (κ2) is 4.86. The Hall–Kier alpha value is -1.13. The van der Waals surface area contributed by atoms with Gasteiger partial charge in [-0.1, -0.05) is 6.07 Å². The molecule has 2 fully saturated rings. The Labute approximate surface area is 109 Å². The third-order valence-corrected chi connectivity index (χ3v) is 4.19. The second-order valence-corrected chi connectivity index (χ2v) is 5.60. The molecule has 98 valence electrons. The molecule has 2 aliphatic heterocycles. The van der Waals surface area contributed by atoms with Crippen LogP contribution >= 0.6 is 0 Å². The number of hydrogen-bond acceptors (Lipinski definition) is 4. The van der Waals surface area contributed by atoms with Crippen molar-refractivity contribution in [3.63, 3.8) is 0 Å². The zero-order valence-corrected chi connectivity index (χ0v) is 11.3. The van der Waals surface area contributed by atoms with Crippen molar-refractivity contribution in [3.05, 3.63) is 24.4 Å². The highest BCUT2D eigenvalue weighted by Crippen LogP contribution is 2.24. The number of piperazine rings is 1. The van der Waals surface area contributed by atoms with Gasteiger partial charge in [0.15, 0.2) is 0 Å². The van der Waals surface area contributed by atoms with Gasteiger partial charge in [-0.25, -0.2) is 4.98 Å². The van der Waals surface area contributed by atoms with E-state index in [4.69, 9.17) is 0 Å². The van der Waals surface area contributed by atoms with Crippen molar-refractivity contribution in [1.29, 1.82) is 0 Å². The maximum absolute atomic E-state index is 4.41. The van der Waals surface area contributed by atoms with Crippen LogP contribution in [0.5, 0.6) is 0 Å². The number of nitrogens with zero attached hydrogens (tertiary/aromatic N) is 4. The Balaban J connectivity index is 1.56. The Bertz CT molecular complexity index is 388. The van der Waals surface area contributed by atoms with E-state index in [0.717, 1.165) is 24.9 Å². The Morgan fingerprint density at radius 2 is 2.00 bits per heavy atom. The molecule has 0 N–H and O–H groups in total. The molecule has 1 aromatic heterocycles. The maximum Gasteiger partial charge on any atom is 0.128 e. The molecule has 0 unspecified atom stereocenters. The van der Waals surface area contributed by atoms with Crippen LogP contribution in [0.15, 0.2) is 24.4 Å². The average Bonchev–Trinajstić information content (AvgIpc) is 2.31. The Morgan fingerprint density at radius 3 is 2.67 bits per heavy atom. The van der Waals surface area contributed by atoms with Gasteiger partial charge in [0.25, 0.3) is 0 Å². The molecule has 3 heterocycles. The smallest absolute Gasteiger partial charge is 0.128 e. The fraction of sp³-hybridized carbons (Fsp3) is 0.643. The van der Waals surface area contributed by atoms with Gasteiger partial charge in [0.1, 0.15) is 5.82 Å². The molecule has 0 aromatic carbocycles. The molecule has 2 saturated heterocycles. The van der Waals surface area contributed by atoms with E-state index in [1.165, 1.54) is 19.6 Å². The predicted octanol–water partition coefficient (Wildman–Crippen LogP) is 0.906. The van der Waals surface area contributed by atoms with Crippen LogP contribution in [-0.4, -0.2) is 66.6 Å². The highest BCUT2D eigenvalue weighted by molar-refractivity contribution is 5.41. The topological polar surface area (TPSA) is 22.6 Å². The van der Waals surface area contributed by atoms with Crippen molar-refractivity contribution in [2.45, 2.75) is 19.0 Å². The SMILES string of the molecule is C[C@H]1CN(C)CCN1C1CN(c2ccccn2)C1. The van der Waals surface area contributed by atoms with Crippen molar-refractivity contribution >= 4 is 5.82 Å². The normalized spacial score (nSPS) is 27.2. The molecule has 3 rings (SSSR count). The summed E-state index contributed by atoms with van der Waals surface area (Å²) in [6, 6.07) is 7.54. The van der Waals surface area contributed by atoms with Gasteiger partial charge in [-0.05, 0) is 26.1 Å². The fourth-order valence-electron chi connectivity index (χ4n) is 3.09. The third-order valence-electron chi connectivity index (χ3n) is 4.19. The summed E-state index contributed by atoms with van der Waals surface area (Å²) in [5.74, 6) is 1.12. The lowest BCUT2D eigenvalue weighted by atomic mass is 10.0. The van der Waals surface area contributed by atoms with E-state index in [9.17, 15) is 0 Å². The molecule has 0 radical (unpaired) electrons. The monoisotopic (exact) mass is 246 g/mol. The zero-order valence-electron chi connectivity index (χ0n) is 11.3. The lowest BCUT2D eigenvalue weighted by molar-refractivity contribution is 0.0493. The number of anilines is 1. The van der Waals surface area contributed by atoms with E-state index in [-0.39, 0.29) is 0 Å². The average molecular weight is 246 g/mol. The summed E-state index contributed by atoms with van der Waals surface area (Å²) in [5.41, 5.74) is 0. The van der Waals surface area contributed by atoms with Crippen LogP contribution in [0.3, 0.4) is 0 Å². The van der Waals surface area contributed by atoms with E-state index in [1.807, 2.05) is 12.3 Å². The van der Waals surface area contributed by atoms with Crippen molar-refractivity contribution in [1.82, 2.24) is 14.8 Å². The quantitative estimate of drug-likeness (QED) is 0.773. The molecule has 0 spiro atoms. The van der Waals surface area contributed by atoms with Gasteiger partial charge in [-0.15, -0.1) is 0 Å². The summed E-state index contributed by atoms with van der Waals surface area (Å²) < 4.78 is 0. The van der Waals surface area contributed by atoms with Crippen LogP contribution in [0, 0.1) is 0 Å². The van der Waals surface area contributed by atoms with E-state index in [0.29, 0.717) is 6.04 Å². The molecule has 0 aliphatic carbocycles. The minimum Gasteiger partial charge on any atom is -0.353 e. The number of aromatic nitrogens is 1. The molecule has 1 atom stereocenters. The third kappa shape index (κ3) is 2.22. The van der Waals surface area contributed by atoms with Crippen molar-refractivity contribution in [2.75, 3.05) is 44.7 Å². The van der Waals surface area contributed by atoms with Crippen LogP contribution in [0.1, 0.15) is 6.92 Å². The van der Waals surface area contributed by atoms with Crippen LogP contribution in [0.25, 0.3) is 0 Å². The molecule has 4 heteroatoms. The van der Waals surface area contributed by atoms with Gasteiger partial charge in [-0.3, -0.25) is 4.90 Å². The number of likely N-dealkylation sites (N-methyl/N-ethyl adjacent to an activating group) is 1. The minimum atomic E-state index is 0.680. The zero-order chi connectivity index (χ0) is 12.5. The summed E-state index contributed by atoms with van der Waals surface area (Å²) >= 11 is 0. The van der Waals surface area contributed by atoms with Crippen LogP contribution in [-0.2, 0) is 0 Å². The van der Waals surface area contributed by atoms with Gasteiger partial charge in [0.2, 0.25) is 0 Å². The maximum atomic E-state index is 4.41. The lowest BCUT2D eigenvalue weighted by Gasteiger charge is -2.50.